The molecule has 158 valence electrons. The lowest BCUT2D eigenvalue weighted by Gasteiger charge is -2.11. The summed E-state index contributed by atoms with van der Waals surface area (Å²) in [6.07, 6.45) is 5.62. The minimum atomic E-state index is 0.256. The van der Waals surface area contributed by atoms with Crippen LogP contribution in [-0.4, -0.2) is 41.1 Å². The van der Waals surface area contributed by atoms with Crippen molar-refractivity contribution in [1.82, 2.24) is 29.5 Å². The molecule has 3 N–H and O–H groups in total. The van der Waals surface area contributed by atoms with Gasteiger partial charge >= 0.3 is 0 Å². The Bertz CT molecular complexity index is 1320. The van der Waals surface area contributed by atoms with Crippen molar-refractivity contribution in [3.8, 4) is 11.4 Å². The van der Waals surface area contributed by atoms with Gasteiger partial charge in [-0.2, -0.15) is 9.97 Å². The molecule has 0 aliphatic carbocycles. The number of anilines is 3. The average molecular weight is 424 g/mol. The lowest BCUT2D eigenvalue weighted by atomic mass is 10.1. The fourth-order valence-electron chi connectivity index (χ4n) is 3.32. The number of nitrogens with zero attached hydrogens (tertiary/aromatic N) is 6. The van der Waals surface area contributed by atoms with E-state index in [1.807, 2.05) is 47.0 Å². The highest BCUT2D eigenvalue weighted by Gasteiger charge is 2.15. The second-order valence-electron chi connectivity index (χ2n) is 7.08. The largest absolute Gasteiger partial charge is 0.508 e. The quantitative estimate of drug-likeness (QED) is 0.362. The first kappa shape index (κ1) is 19.4. The molecular formula is C23H20N8O. The Kier molecular flexibility index (Phi) is 5.27. The second-order valence-corrected chi connectivity index (χ2v) is 7.08. The molecule has 5 aromatic rings. The Morgan fingerprint density at radius 3 is 2.53 bits per heavy atom. The molecule has 9 heteroatoms. The van der Waals surface area contributed by atoms with Crippen LogP contribution in [0, 0.1) is 0 Å². The second kappa shape index (κ2) is 8.68. The van der Waals surface area contributed by atoms with Gasteiger partial charge in [-0.25, -0.2) is 15.0 Å². The molecule has 0 saturated carbocycles. The molecule has 32 heavy (non-hydrogen) atoms. The van der Waals surface area contributed by atoms with E-state index in [2.05, 4.69) is 30.6 Å². The third-order valence-electron chi connectivity index (χ3n) is 4.89. The zero-order chi connectivity index (χ0) is 21.8. The Morgan fingerprint density at radius 2 is 1.75 bits per heavy atom. The van der Waals surface area contributed by atoms with E-state index in [1.165, 1.54) is 6.33 Å². The zero-order valence-corrected chi connectivity index (χ0v) is 17.1. The summed E-state index contributed by atoms with van der Waals surface area (Å²) in [6.45, 7) is 0.641. The molecule has 3 aromatic heterocycles. The number of fused-ring (bicyclic) bond motifs is 1. The number of benzene rings is 2. The molecular weight excluding hydrogens is 404 g/mol. The molecule has 0 unspecified atom stereocenters. The van der Waals surface area contributed by atoms with Crippen molar-refractivity contribution in [3.63, 3.8) is 0 Å². The number of hydrogen-bond donors (Lipinski definition) is 3. The number of nitrogens with one attached hydrogen (secondary N) is 2. The van der Waals surface area contributed by atoms with E-state index < -0.39 is 0 Å². The van der Waals surface area contributed by atoms with Gasteiger partial charge in [0.2, 0.25) is 5.95 Å². The van der Waals surface area contributed by atoms with Gasteiger partial charge in [0.05, 0.1) is 0 Å². The number of phenolic OH excluding ortho intramolecular Hbond substituents is 1. The molecule has 0 aliphatic heterocycles. The van der Waals surface area contributed by atoms with E-state index in [0.29, 0.717) is 35.3 Å². The summed E-state index contributed by atoms with van der Waals surface area (Å²) >= 11 is 0. The number of hydrogen-bond acceptors (Lipinski definition) is 8. The van der Waals surface area contributed by atoms with E-state index in [4.69, 9.17) is 4.98 Å². The van der Waals surface area contributed by atoms with Gasteiger partial charge in [-0.05, 0) is 42.3 Å². The van der Waals surface area contributed by atoms with E-state index in [0.717, 1.165) is 17.7 Å². The summed E-state index contributed by atoms with van der Waals surface area (Å²) in [5.41, 5.74) is 3.41. The van der Waals surface area contributed by atoms with Gasteiger partial charge in [0, 0.05) is 18.4 Å². The number of phenols is 1. The predicted octanol–water partition coefficient (Wildman–Crippen LogP) is 3.71. The van der Waals surface area contributed by atoms with Crippen LogP contribution in [0.4, 0.5) is 17.6 Å². The third-order valence-corrected chi connectivity index (χ3v) is 4.89. The topological polar surface area (TPSA) is 114 Å². The first-order valence-corrected chi connectivity index (χ1v) is 10.1. The standard InChI is InChI=1S/C23H20N8O/c32-18-8-6-16(7-9-18)10-13-25-21-20-22(31(15-27-20)17-4-2-1-3-5-17)30-23(29-21)28-19-11-12-24-14-26-19/h1-9,11-12,14-15,32H,10,13H2,(H2,24,25,26,28,29,30). The van der Waals surface area contributed by atoms with Gasteiger partial charge in [0.15, 0.2) is 17.0 Å². The van der Waals surface area contributed by atoms with E-state index in [-0.39, 0.29) is 5.75 Å². The van der Waals surface area contributed by atoms with Crippen LogP contribution in [-0.2, 0) is 6.42 Å². The van der Waals surface area contributed by atoms with Crippen molar-refractivity contribution in [2.24, 2.45) is 0 Å². The van der Waals surface area contributed by atoms with Crippen LogP contribution in [0.2, 0.25) is 0 Å². The van der Waals surface area contributed by atoms with Crippen LogP contribution in [0.15, 0.2) is 79.5 Å². The van der Waals surface area contributed by atoms with Crippen LogP contribution in [0.5, 0.6) is 5.75 Å². The first-order chi connectivity index (χ1) is 15.8. The summed E-state index contributed by atoms with van der Waals surface area (Å²) < 4.78 is 1.92. The van der Waals surface area contributed by atoms with Crippen molar-refractivity contribution < 1.29 is 5.11 Å². The zero-order valence-electron chi connectivity index (χ0n) is 17.1. The monoisotopic (exact) mass is 424 g/mol. The Labute approximate surface area is 183 Å². The fourth-order valence-corrected chi connectivity index (χ4v) is 3.32. The Hall–Kier alpha value is -4.53. The van der Waals surface area contributed by atoms with Gasteiger partial charge in [-0.15, -0.1) is 0 Å². The fraction of sp³-hybridized carbons (Fsp3) is 0.0870. The molecule has 0 spiro atoms. The van der Waals surface area contributed by atoms with Gasteiger partial charge in [-0.3, -0.25) is 4.57 Å². The maximum absolute atomic E-state index is 9.47. The molecule has 0 bridgehead atoms. The molecule has 2 aromatic carbocycles. The Morgan fingerprint density at radius 1 is 0.906 bits per heavy atom. The van der Waals surface area contributed by atoms with Crippen molar-refractivity contribution >= 4 is 28.7 Å². The molecule has 0 saturated heterocycles. The van der Waals surface area contributed by atoms with Crippen molar-refractivity contribution in [2.75, 3.05) is 17.2 Å². The third kappa shape index (κ3) is 4.17. The van der Waals surface area contributed by atoms with E-state index in [1.54, 1.807) is 30.7 Å². The molecule has 5 rings (SSSR count). The maximum Gasteiger partial charge on any atom is 0.232 e. The molecule has 0 aliphatic rings. The van der Waals surface area contributed by atoms with E-state index >= 15 is 0 Å². The summed E-state index contributed by atoms with van der Waals surface area (Å²) in [5.74, 6) is 1.88. The number of rotatable bonds is 7. The van der Waals surface area contributed by atoms with Crippen LogP contribution < -0.4 is 10.6 Å². The molecule has 3 heterocycles. The highest BCUT2D eigenvalue weighted by molar-refractivity contribution is 5.85. The van der Waals surface area contributed by atoms with Crippen LogP contribution in [0.1, 0.15) is 5.56 Å². The van der Waals surface area contributed by atoms with Crippen LogP contribution in [0.25, 0.3) is 16.9 Å². The van der Waals surface area contributed by atoms with Gasteiger partial charge < -0.3 is 15.7 Å². The summed E-state index contributed by atoms with van der Waals surface area (Å²) in [5, 5.41) is 16.0. The van der Waals surface area contributed by atoms with Gasteiger partial charge in [0.25, 0.3) is 0 Å². The highest BCUT2D eigenvalue weighted by Crippen LogP contribution is 2.24. The molecule has 9 nitrogen and oxygen atoms in total. The van der Waals surface area contributed by atoms with Gasteiger partial charge in [-0.1, -0.05) is 30.3 Å². The highest BCUT2D eigenvalue weighted by atomic mass is 16.3. The summed E-state index contributed by atoms with van der Waals surface area (Å²) in [6, 6.07) is 18.8. The summed E-state index contributed by atoms with van der Waals surface area (Å²) in [7, 11) is 0. The Balaban J connectivity index is 1.48. The van der Waals surface area contributed by atoms with Crippen LogP contribution >= 0.6 is 0 Å². The lowest BCUT2D eigenvalue weighted by Crippen LogP contribution is -2.09. The first-order valence-electron chi connectivity index (χ1n) is 10.1. The average Bonchev–Trinajstić information content (AvgIpc) is 3.26. The molecule has 0 fully saturated rings. The minimum Gasteiger partial charge on any atom is -0.508 e. The molecule has 0 amide bonds. The number of imidazole rings is 1. The molecule has 0 radical (unpaired) electrons. The minimum absolute atomic E-state index is 0.256. The lowest BCUT2D eigenvalue weighted by molar-refractivity contribution is 0.475. The van der Waals surface area contributed by atoms with Gasteiger partial charge in [0.1, 0.15) is 24.2 Å². The maximum atomic E-state index is 9.47. The smallest absolute Gasteiger partial charge is 0.232 e. The number of para-hydroxylation sites is 1. The SMILES string of the molecule is Oc1ccc(CCNc2nc(Nc3ccncn3)nc3c2ncn3-c2ccccc2)cc1. The number of aromatic hydroxyl groups is 1. The van der Waals surface area contributed by atoms with Crippen molar-refractivity contribution in [3.05, 3.63) is 85.1 Å². The van der Waals surface area contributed by atoms with Crippen molar-refractivity contribution in [2.45, 2.75) is 6.42 Å². The predicted molar refractivity (Wildman–Crippen MR) is 122 cm³/mol. The summed E-state index contributed by atoms with van der Waals surface area (Å²) in [4.78, 5) is 22.0. The number of aromatic nitrogens is 6. The normalized spacial score (nSPS) is 10.9. The van der Waals surface area contributed by atoms with Crippen LogP contribution in [0.3, 0.4) is 0 Å². The van der Waals surface area contributed by atoms with Crippen molar-refractivity contribution in [1.29, 1.82) is 0 Å². The molecule has 0 atom stereocenters. The van der Waals surface area contributed by atoms with E-state index in [9.17, 15) is 5.11 Å².